The van der Waals surface area contributed by atoms with Crippen LogP contribution in [0.1, 0.15) is 26.2 Å². The largest absolute Gasteiger partial charge is 0.396 e. The third kappa shape index (κ3) is 4.18. The van der Waals surface area contributed by atoms with Gasteiger partial charge in [-0.2, -0.15) is 0 Å². The highest BCUT2D eigenvalue weighted by Crippen LogP contribution is 2.13. The first-order valence-electron chi connectivity index (χ1n) is 5.87. The van der Waals surface area contributed by atoms with Crippen molar-refractivity contribution in [3.05, 3.63) is 0 Å². The molecule has 4 nitrogen and oxygen atoms in total. The SMILES string of the molecule is CCN(CCCO)C(=O)CC1CCNC1. The van der Waals surface area contributed by atoms with E-state index in [-0.39, 0.29) is 12.5 Å². The molecule has 0 bridgehead atoms. The minimum absolute atomic E-state index is 0.161. The molecule has 1 fully saturated rings. The summed E-state index contributed by atoms with van der Waals surface area (Å²) in [6, 6.07) is 0. The highest BCUT2D eigenvalue weighted by atomic mass is 16.3. The van der Waals surface area contributed by atoms with E-state index < -0.39 is 0 Å². The summed E-state index contributed by atoms with van der Waals surface area (Å²) < 4.78 is 0. The number of carbonyl (C=O) groups is 1. The molecule has 0 aliphatic carbocycles. The summed E-state index contributed by atoms with van der Waals surface area (Å²) >= 11 is 0. The maximum atomic E-state index is 11.9. The summed E-state index contributed by atoms with van der Waals surface area (Å²) in [4.78, 5) is 13.7. The number of hydrogen-bond acceptors (Lipinski definition) is 3. The molecule has 1 atom stereocenters. The molecule has 1 rings (SSSR count). The Kier molecular flexibility index (Phi) is 5.65. The molecule has 0 aromatic rings. The van der Waals surface area contributed by atoms with Crippen LogP contribution in [-0.4, -0.2) is 48.7 Å². The standard InChI is InChI=1S/C11H22N2O2/c1-2-13(6-3-7-14)11(15)8-10-4-5-12-9-10/h10,12,14H,2-9H2,1H3. The van der Waals surface area contributed by atoms with Crippen LogP contribution in [0.5, 0.6) is 0 Å². The lowest BCUT2D eigenvalue weighted by molar-refractivity contribution is -0.132. The first kappa shape index (κ1) is 12.5. The fraction of sp³-hybridized carbons (Fsp3) is 0.909. The molecule has 0 aromatic heterocycles. The van der Waals surface area contributed by atoms with Gasteiger partial charge < -0.3 is 15.3 Å². The van der Waals surface area contributed by atoms with Crippen molar-refractivity contribution in [3.8, 4) is 0 Å². The summed E-state index contributed by atoms with van der Waals surface area (Å²) in [5, 5.41) is 12.0. The molecular formula is C11H22N2O2. The lowest BCUT2D eigenvalue weighted by Crippen LogP contribution is -2.33. The number of aliphatic hydroxyl groups excluding tert-OH is 1. The van der Waals surface area contributed by atoms with E-state index in [1.54, 1.807) is 0 Å². The zero-order chi connectivity index (χ0) is 11.1. The number of nitrogens with one attached hydrogen (secondary N) is 1. The molecule has 2 N–H and O–H groups in total. The molecule has 1 unspecified atom stereocenters. The third-order valence-corrected chi connectivity index (χ3v) is 2.95. The molecule has 15 heavy (non-hydrogen) atoms. The topological polar surface area (TPSA) is 52.6 Å². The normalized spacial score (nSPS) is 20.5. The van der Waals surface area contributed by atoms with Crippen LogP contribution in [0.3, 0.4) is 0 Å². The fourth-order valence-corrected chi connectivity index (χ4v) is 1.99. The van der Waals surface area contributed by atoms with E-state index in [0.29, 0.717) is 25.3 Å². The van der Waals surface area contributed by atoms with Crippen LogP contribution in [-0.2, 0) is 4.79 Å². The summed E-state index contributed by atoms with van der Waals surface area (Å²) in [6.45, 7) is 5.60. The number of aliphatic hydroxyl groups is 1. The summed E-state index contributed by atoms with van der Waals surface area (Å²) in [6.07, 6.45) is 2.46. The Morgan fingerprint density at radius 2 is 2.40 bits per heavy atom. The van der Waals surface area contributed by atoms with E-state index >= 15 is 0 Å². The third-order valence-electron chi connectivity index (χ3n) is 2.95. The Hall–Kier alpha value is -0.610. The maximum Gasteiger partial charge on any atom is 0.222 e. The van der Waals surface area contributed by atoms with E-state index in [1.807, 2.05) is 11.8 Å². The fourth-order valence-electron chi connectivity index (χ4n) is 1.99. The smallest absolute Gasteiger partial charge is 0.222 e. The molecular weight excluding hydrogens is 192 g/mol. The van der Waals surface area contributed by atoms with Gasteiger partial charge in [-0.25, -0.2) is 0 Å². The van der Waals surface area contributed by atoms with E-state index in [2.05, 4.69) is 5.32 Å². The monoisotopic (exact) mass is 214 g/mol. The van der Waals surface area contributed by atoms with Crippen LogP contribution in [0.25, 0.3) is 0 Å². The molecule has 0 spiro atoms. The molecule has 1 aliphatic rings. The number of rotatable bonds is 6. The molecule has 0 radical (unpaired) electrons. The minimum Gasteiger partial charge on any atom is -0.396 e. The van der Waals surface area contributed by atoms with Gasteiger partial charge in [-0.1, -0.05) is 0 Å². The minimum atomic E-state index is 0.161. The Morgan fingerprint density at radius 3 is 2.93 bits per heavy atom. The van der Waals surface area contributed by atoms with Crippen molar-refractivity contribution in [1.29, 1.82) is 0 Å². The van der Waals surface area contributed by atoms with Gasteiger partial charge in [0.15, 0.2) is 0 Å². The molecule has 1 aliphatic heterocycles. The van der Waals surface area contributed by atoms with Crippen LogP contribution >= 0.6 is 0 Å². The average Bonchev–Trinajstić information content (AvgIpc) is 2.71. The van der Waals surface area contributed by atoms with Gasteiger partial charge in [-0.3, -0.25) is 4.79 Å². The molecule has 0 saturated carbocycles. The van der Waals surface area contributed by atoms with Crippen LogP contribution < -0.4 is 5.32 Å². The van der Waals surface area contributed by atoms with Gasteiger partial charge in [0.1, 0.15) is 0 Å². The number of amides is 1. The van der Waals surface area contributed by atoms with Crippen LogP contribution in [0.4, 0.5) is 0 Å². The summed E-state index contributed by atoms with van der Waals surface area (Å²) in [5.74, 6) is 0.750. The van der Waals surface area contributed by atoms with E-state index in [1.165, 1.54) is 0 Å². The van der Waals surface area contributed by atoms with Crippen LogP contribution in [0, 0.1) is 5.92 Å². The second-order valence-corrected chi connectivity index (χ2v) is 4.11. The molecule has 1 heterocycles. The highest BCUT2D eigenvalue weighted by molar-refractivity contribution is 5.76. The van der Waals surface area contributed by atoms with Gasteiger partial charge in [0, 0.05) is 26.1 Å². The lowest BCUT2D eigenvalue weighted by Gasteiger charge is -2.21. The predicted molar refractivity (Wildman–Crippen MR) is 59.6 cm³/mol. The zero-order valence-electron chi connectivity index (χ0n) is 9.54. The Bertz CT molecular complexity index is 191. The first-order chi connectivity index (χ1) is 7.27. The van der Waals surface area contributed by atoms with Gasteiger partial charge in [0.2, 0.25) is 5.91 Å². The highest BCUT2D eigenvalue weighted by Gasteiger charge is 2.20. The van der Waals surface area contributed by atoms with Crippen molar-refractivity contribution in [3.63, 3.8) is 0 Å². The summed E-state index contributed by atoms with van der Waals surface area (Å²) in [7, 11) is 0. The van der Waals surface area contributed by atoms with Gasteiger partial charge >= 0.3 is 0 Å². The van der Waals surface area contributed by atoms with E-state index in [9.17, 15) is 4.79 Å². The van der Waals surface area contributed by atoms with E-state index in [0.717, 1.165) is 26.1 Å². The number of hydrogen-bond donors (Lipinski definition) is 2. The quantitative estimate of drug-likeness (QED) is 0.665. The second-order valence-electron chi connectivity index (χ2n) is 4.11. The van der Waals surface area contributed by atoms with Crippen molar-refractivity contribution in [1.82, 2.24) is 10.2 Å². The number of carbonyl (C=O) groups excluding carboxylic acids is 1. The van der Waals surface area contributed by atoms with Gasteiger partial charge in [0.25, 0.3) is 0 Å². The Labute approximate surface area is 91.6 Å². The first-order valence-corrected chi connectivity index (χ1v) is 5.87. The Balaban J connectivity index is 2.28. The zero-order valence-corrected chi connectivity index (χ0v) is 9.54. The summed E-state index contributed by atoms with van der Waals surface area (Å²) in [5.41, 5.74) is 0. The molecule has 1 saturated heterocycles. The van der Waals surface area contributed by atoms with Gasteiger partial charge in [0.05, 0.1) is 0 Å². The molecule has 88 valence electrons. The van der Waals surface area contributed by atoms with Gasteiger partial charge in [-0.05, 0) is 38.8 Å². The molecule has 4 heteroatoms. The van der Waals surface area contributed by atoms with E-state index in [4.69, 9.17) is 5.11 Å². The van der Waals surface area contributed by atoms with Crippen molar-refractivity contribution in [2.45, 2.75) is 26.2 Å². The maximum absolute atomic E-state index is 11.9. The lowest BCUT2D eigenvalue weighted by atomic mass is 10.0. The van der Waals surface area contributed by atoms with Crippen molar-refractivity contribution in [2.75, 3.05) is 32.8 Å². The van der Waals surface area contributed by atoms with Crippen molar-refractivity contribution >= 4 is 5.91 Å². The predicted octanol–water partition coefficient (Wildman–Crippen LogP) is 0.217. The van der Waals surface area contributed by atoms with Crippen molar-refractivity contribution in [2.24, 2.45) is 5.92 Å². The molecule has 1 amide bonds. The van der Waals surface area contributed by atoms with Crippen LogP contribution in [0.15, 0.2) is 0 Å². The van der Waals surface area contributed by atoms with Crippen molar-refractivity contribution < 1.29 is 9.90 Å². The number of nitrogens with zero attached hydrogens (tertiary/aromatic N) is 1. The molecule has 0 aromatic carbocycles. The Morgan fingerprint density at radius 1 is 1.60 bits per heavy atom. The van der Waals surface area contributed by atoms with Gasteiger partial charge in [-0.15, -0.1) is 0 Å². The average molecular weight is 214 g/mol. The second kappa shape index (κ2) is 6.80. The van der Waals surface area contributed by atoms with Crippen LogP contribution in [0.2, 0.25) is 0 Å².